The van der Waals surface area contributed by atoms with Crippen LogP contribution in [0.5, 0.6) is 0 Å². The summed E-state index contributed by atoms with van der Waals surface area (Å²) in [5.74, 6) is 0. The van der Waals surface area contributed by atoms with Crippen LogP contribution < -0.4 is 5.32 Å². The zero-order valence-corrected chi connectivity index (χ0v) is 10.4. The van der Waals surface area contributed by atoms with Gasteiger partial charge in [0, 0.05) is 23.3 Å². The van der Waals surface area contributed by atoms with E-state index in [-0.39, 0.29) is 0 Å². The highest BCUT2D eigenvalue weighted by atomic mass is 79.9. The van der Waals surface area contributed by atoms with E-state index in [1.165, 1.54) is 5.56 Å². The molecule has 14 heavy (non-hydrogen) atoms. The first-order valence-electron chi connectivity index (χ1n) is 4.65. The topological polar surface area (TPSA) is 21.3 Å². The Morgan fingerprint density at radius 3 is 2.79 bits per heavy atom. The molecule has 1 atom stereocenters. The fraction of sp³-hybridized carbons (Fsp3) is 0.455. The maximum absolute atomic E-state index is 5.07. The molecule has 0 fully saturated rings. The van der Waals surface area contributed by atoms with Crippen LogP contribution in [0.4, 0.5) is 5.69 Å². The number of anilines is 1. The standard InChI is InChI=1S/C11H16BrNO/c1-8-6-10(12)4-5-11(8)13-9(2)7-14-3/h4-6,9,13H,7H2,1-3H3/t9-/m0/s1. The molecule has 0 aliphatic carbocycles. The molecule has 0 aliphatic heterocycles. The van der Waals surface area contributed by atoms with Crippen molar-refractivity contribution in [1.82, 2.24) is 0 Å². The highest BCUT2D eigenvalue weighted by Crippen LogP contribution is 2.20. The summed E-state index contributed by atoms with van der Waals surface area (Å²) in [6.45, 7) is 4.91. The minimum absolute atomic E-state index is 0.333. The fourth-order valence-corrected chi connectivity index (χ4v) is 1.82. The van der Waals surface area contributed by atoms with Crippen molar-refractivity contribution in [3.05, 3.63) is 28.2 Å². The first kappa shape index (κ1) is 11.5. The number of nitrogens with one attached hydrogen (secondary N) is 1. The second kappa shape index (κ2) is 5.37. The molecule has 1 rings (SSSR count). The third-order valence-electron chi connectivity index (χ3n) is 2.01. The number of hydrogen-bond donors (Lipinski definition) is 1. The van der Waals surface area contributed by atoms with Crippen LogP contribution >= 0.6 is 15.9 Å². The summed E-state index contributed by atoms with van der Waals surface area (Å²) in [6, 6.07) is 6.54. The number of benzene rings is 1. The first-order valence-corrected chi connectivity index (χ1v) is 5.44. The van der Waals surface area contributed by atoms with Gasteiger partial charge in [0.1, 0.15) is 0 Å². The van der Waals surface area contributed by atoms with Crippen LogP contribution in [0.25, 0.3) is 0 Å². The van der Waals surface area contributed by atoms with Crippen LogP contribution in [0.1, 0.15) is 12.5 Å². The smallest absolute Gasteiger partial charge is 0.0661 e. The molecule has 0 radical (unpaired) electrons. The summed E-state index contributed by atoms with van der Waals surface area (Å²) >= 11 is 3.44. The molecule has 0 saturated heterocycles. The molecule has 0 unspecified atom stereocenters. The van der Waals surface area contributed by atoms with E-state index in [4.69, 9.17) is 4.74 Å². The quantitative estimate of drug-likeness (QED) is 0.895. The second-order valence-corrected chi connectivity index (χ2v) is 4.38. The molecule has 0 bridgehead atoms. The van der Waals surface area contributed by atoms with Gasteiger partial charge in [-0.15, -0.1) is 0 Å². The molecule has 0 spiro atoms. The fourth-order valence-electron chi connectivity index (χ4n) is 1.35. The van der Waals surface area contributed by atoms with Crippen LogP contribution in [-0.2, 0) is 4.74 Å². The maximum Gasteiger partial charge on any atom is 0.0661 e. The van der Waals surface area contributed by atoms with E-state index in [2.05, 4.69) is 47.2 Å². The van der Waals surface area contributed by atoms with Crippen molar-refractivity contribution in [2.24, 2.45) is 0 Å². The van der Waals surface area contributed by atoms with Gasteiger partial charge in [-0.1, -0.05) is 15.9 Å². The Bertz CT molecular complexity index is 301. The highest BCUT2D eigenvalue weighted by molar-refractivity contribution is 9.10. The molecule has 78 valence electrons. The van der Waals surface area contributed by atoms with E-state index in [9.17, 15) is 0 Å². The number of methoxy groups -OCH3 is 1. The van der Waals surface area contributed by atoms with Gasteiger partial charge in [0.15, 0.2) is 0 Å². The Hall–Kier alpha value is -0.540. The van der Waals surface area contributed by atoms with Crippen LogP contribution in [0.15, 0.2) is 22.7 Å². The molecule has 0 aliphatic rings. The first-order chi connectivity index (χ1) is 6.63. The monoisotopic (exact) mass is 257 g/mol. The lowest BCUT2D eigenvalue weighted by molar-refractivity contribution is 0.190. The Kier molecular flexibility index (Phi) is 4.42. The van der Waals surface area contributed by atoms with E-state index in [0.29, 0.717) is 6.04 Å². The molecular formula is C11H16BrNO. The normalized spacial score (nSPS) is 12.6. The van der Waals surface area contributed by atoms with Crippen molar-refractivity contribution in [1.29, 1.82) is 0 Å². The number of halogens is 1. The van der Waals surface area contributed by atoms with Gasteiger partial charge in [-0.25, -0.2) is 0 Å². The van der Waals surface area contributed by atoms with Gasteiger partial charge < -0.3 is 10.1 Å². The van der Waals surface area contributed by atoms with Crippen molar-refractivity contribution in [2.45, 2.75) is 19.9 Å². The van der Waals surface area contributed by atoms with Gasteiger partial charge in [0.05, 0.1) is 6.61 Å². The molecule has 0 saturated carbocycles. The third-order valence-corrected chi connectivity index (χ3v) is 2.50. The summed E-state index contributed by atoms with van der Waals surface area (Å²) in [7, 11) is 1.71. The Balaban J connectivity index is 2.67. The summed E-state index contributed by atoms with van der Waals surface area (Å²) < 4.78 is 6.18. The Morgan fingerprint density at radius 1 is 1.50 bits per heavy atom. The average molecular weight is 258 g/mol. The van der Waals surface area contributed by atoms with Crippen molar-refractivity contribution < 1.29 is 4.74 Å². The predicted octanol–water partition coefficient (Wildman–Crippen LogP) is 3.20. The number of aryl methyl sites for hydroxylation is 1. The maximum atomic E-state index is 5.07. The van der Waals surface area contributed by atoms with E-state index >= 15 is 0 Å². The molecule has 3 heteroatoms. The molecule has 1 aromatic carbocycles. The lowest BCUT2D eigenvalue weighted by Crippen LogP contribution is -2.21. The predicted molar refractivity (Wildman–Crippen MR) is 63.8 cm³/mol. The van der Waals surface area contributed by atoms with E-state index in [1.807, 2.05) is 6.07 Å². The van der Waals surface area contributed by atoms with Crippen LogP contribution in [-0.4, -0.2) is 19.8 Å². The summed E-state index contributed by atoms with van der Waals surface area (Å²) in [5.41, 5.74) is 2.40. The van der Waals surface area contributed by atoms with Crippen molar-refractivity contribution >= 4 is 21.6 Å². The number of rotatable bonds is 4. The van der Waals surface area contributed by atoms with E-state index < -0.39 is 0 Å². The largest absolute Gasteiger partial charge is 0.383 e. The Morgan fingerprint density at radius 2 is 2.21 bits per heavy atom. The van der Waals surface area contributed by atoms with Crippen molar-refractivity contribution in [3.63, 3.8) is 0 Å². The molecule has 2 nitrogen and oxygen atoms in total. The van der Waals surface area contributed by atoms with Gasteiger partial charge in [0.2, 0.25) is 0 Å². The second-order valence-electron chi connectivity index (χ2n) is 3.46. The molecule has 1 aromatic rings. The van der Waals surface area contributed by atoms with E-state index in [0.717, 1.165) is 16.8 Å². The minimum Gasteiger partial charge on any atom is -0.383 e. The van der Waals surface area contributed by atoms with Gasteiger partial charge in [0.25, 0.3) is 0 Å². The minimum atomic E-state index is 0.333. The number of hydrogen-bond acceptors (Lipinski definition) is 2. The molecule has 0 heterocycles. The Labute approximate surface area is 93.8 Å². The van der Waals surface area contributed by atoms with Gasteiger partial charge >= 0.3 is 0 Å². The summed E-state index contributed by atoms with van der Waals surface area (Å²) in [5, 5.41) is 3.39. The molecule has 0 amide bonds. The van der Waals surface area contributed by atoms with Crippen molar-refractivity contribution in [3.8, 4) is 0 Å². The van der Waals surface area contributed by atoms with Crippen molar-refractivity contribution in [2.75, 3.05) is 19.0 Å². The summed E-state index contributed by atoms with van der Waals surface area (Å²) in [6.07, 6.45) is 0. The SMILES string of the molecule is COC[C@H](C)Nc1ccc(Br)cc1C. The van der Waals surface area contributed by atoms with Crippen LogP contribution in [0.3, 0.4) is 0 Å². The lowest BCUT2D eigenvalue weighted by atomic mass is 10.2. The molecular weight excluding hydrogens is 242 g/mol. The van der Waals surface area contributed by atoms with Gasteiger partial charge in [-0.3, -0.25) is 0 Å². The zero-order valence-electron chi connectivity index (χ0n) is 8.80. The molecule has 1 N–H and O–H groups in total. The van der Waals surface area contributed by atoms with Gasteiger partial charge in [-0.05, 0) is 37.6 Å². The average Bonchev–Trinajstić information content (AvgIpc) is 2.10. The lowest BCUT2D eigenvalue weighted by Gasteiger charge is -2.16. The summed E-state index contributed by atoms with van der Waals surface area (Å²) in [4.78, 5) is 0. The number of ether oxygens (including phenoxy) is 1. The molecule has 0 aromatic heterocycles. The van der Waals surface area contributed by atoms with Crippen LogP contribution in [0, 0.1) is 6.92 Å². The van der Waals surface area contributed by atoms with Gasteiger partial charge in [-0.2, -0.15) is 0 Å². The van der Waals surface area contributed by atoms with Crippen LogP contribution in [0.2, 0.25) is 0 Å². The highest BCUT2D eigenvalue weighted by Gasteiger charge is 2.03. The van der Waals surface area contributed by atoms with E-state index in [1.54, 1.807) is 7.11 Å². The third kappa shape index (κ3) is 3.31. The zero-order chi connectivity index (χ0) is 10.6.